The zero-order valence-corrected chi connectivity index (χ0v) is 26.4. The van der Waals surface area contributed by atoms with Gasteiger partial charge in [-0.3, -0.25) is 0 Å². The number of benzene rings is 2. The molecular weight excluding hydrogens is 506 g/mol. The van der Waals surface area contributed by atoms with Gasteiger partial charge in [0, 0.05) is 9.79 Å². The van der Waals surface area contributed by atoms with Crippen LogP contribution in [0.15, 0.2) is 58.3 Å². The molecule has 0 radical (unpaired) electrons. The Balaban J connectivity index is 0. The van der Waals surface area contributed by atoms with Gasteiger partial charge in [0.25, 0.3) is 0 Å². The summed E-state index contributed by atoms with van der Waals surface area (Å²) >= 11 is 1.95. The maximum Gasteiger partial charge on any atom is 2.00 e. The molecule has 0 spiro atoms. The molecule has 0 aromatic heterocycles. The van der Waals surface area contributed by atoms with E-state index in [1.807, 2.05) is 11.8 Å². The Labute approximate surface area is 234 Å². The van der Waals surface area contributed by atoms with Crippen molar-refractivity contribution in [2.75, 3.05) is 0 Å². The molecule has 0 fully saturated rings. The van der Waals surface area contributed by atoms with Crippen LogP contribution in [0.25, 0.3) is 0 Å². The Bertz CT molecular complexity index is 760. The Morgan fingerprint density at radius 1 is 0.567 bits per heavy atom. The molecule has 2 heteroatoms. The van der Waals surface area contributed by atoms with Gasteiger partial charge in [0.2, 0.25) is 0 Å². The molecule has 0 saturated carbocycles. The third-order valence-electron chi connectivity index (χ3n) is 5.40. The predicted molar refractivity (Wildman–Crippen MR) is 139 cm³/mol. The van der Waals surface area contributed by atoms with Crippen molar-refractivity contribution in [3.05, 3.63) is 59.7 Å². The molecule has 0 aliphatic heterocycles. The predicted octanol–water partition coefficient (Wildman–Crippen LogP) is 9.11. The van der Waals surface area contributed by atoms with Crippen LogP contribution in [0.5, 0.6) is 0 Å². The van der Waals surface area contributed by atoms with Crippen molar-refractivity contribution in [2.24, 2.45) is 10.8 Å². The van der Waals surface area contributed by atoms with Crippen molar-refractivity contribution < 1.29 is 2.85 Å². The van der Waals surface area contributed by atoms with Gasteiger partial charge >= 0.3 is 48.9 Å². The molecule has 2 aromatic rings. The van der Waals surface area contributed by atoms with Crippen LogP contribution in [0.4, 0.5) is 0 Å². The molecule has 0 aliphatic rings. The maximum absolute atomic E-state index is 2.40. The molecule has 2 aromatic carbocycles. The van der Waals surface area contributed by atoms with Gasteiger partial charge in [-0.15, -0.1) is 0 Å². The van der Waals surface area contributed by atoms with Crippen molar-refractivity contribution in [1.82, 2.24) is 0 Å². The van der Waals surface area contributed by atoms with Gasteiger partial charge in [-0.05, 0) is 57.8 Å². The molecule has 0 nitrogen and oxygen atoms in total. The Morgan fingerprint density at radius 3 is 1.17 bits per heavy atom. The zero-order chi connectivity index (χ0) is 22.1. The van der Waals surface area contributed by atoms with Crippen LogP contribution in [0, 0.1) is 10.8 Å². The van der Waals surface area contributed by atoms with Gasteiger partial charge in [0.15, 0.2) is 0 Å². The van der Waals surface area contributed by atoms with E-state index in [0.717, 1.165) is 12.8 Å². The van der Waals surface area contributed by atoms with E-state index in [4.69, 9.17) is 0 Å². The number of hydrogen-bond acceptors (Lipinski definition) is 1. The number of rotatable bonds is 6. The molecule has 2 rings (SSSR count). The fraction of sp³-hybridized carbons (Fsp3) is 0.571. The summed E-state index contributed by atoms with van der Waals surface area (Å²) < 4.78 is 0. The molecule has 0 atom stereocenters. The normalized spacial score (nSPS) is 13.1. The summed E-state index contributed by atoms with van der Waals surface area (Å²) in [6, 6.07) is 18.0. The summed E-state index contributed by atoms with van der Waals surface area (Å²) in [5, 5.41) is 0. The Morgan fingerprint density at radius 2 is 0.867 bits per heavy atom. The average Bonchev–Trinajstić information content (AvgIpc) is 2.51. The Hall–Kier alpha value is 0.361. The maximum atomic E-state index is 2.40. The van der Waals surface area contributed by atoms with Crippen molar-refractivity contribution in [3.63, 3.8) is 0 Å². The summed E-state index contributed by atoms with van der Waals surface area (Å²) in [4.78, 5) is 2.78. The van der Waals surface area contributed by atoms with Gasteiger partial charge < -0.3 is 2.85 Å². The quantitative estimate of drug-likeness (QED) is 0.324. The van der Waals surface area contributed by atoms with Gasteiger partial charge in [0.1, 0.15) is 0 Å². The molecule has 0 saturated heterocycles. The summed E-state index contributed by atoms with van der Waals surface area (Å²) in [5.74, 6) is 0. The van der Waals surface area contributed by atoms with Crippen molar-refractivity contribution in [3.8, 4) is 0 Å². The summed E-state index contributed by atoms with van der Waals surface area (Å²) in [6.45, 7) is 23.6. The third kappa shape index (κ3) is 8.37. The van der Waals surface area contributed by atoms with Crippen molar-refractivity contribution in [2.45, 2.75) is 103 Å². The minimum Gasteiger partial charge on any atom is -1.00 e. The molecule has 0 bridgehead atoms. The second kappa shape index (κ2) is 10.5. The first-order valence-corrected chi connectivity index (χ1v) is 11.8. The van der Waals surface area contributed by atoms with Gasteiger partial charge in [-0.25, -0.2) is 0 Å². The molecule has 164 valence electrons. The van der Waals surface area contributed by atoms with Crippen LogP contribution in [-0.2, 0) is 10.8 Å². The van der Waals surface area contributed by atoms with E-state index >= 15 is 0 Å². The van der Waals surface area contributed by atoms with Crippen LogP contribution in [0.2, 0.25) is 0 Å². The van der Waals surface area contributed by atoms with Crippen LogP contribution in [0.1, 0.15) is 96.1 Å². The first-order chi connectivity index (χ1) is 13.1. The van der Waals surface area contributed by atoms with E-state index in [-0.39, 0.29) is 62.6 Å². The van der Waals surface area contributed by atoms with Crippen LogP contribution in [0.3, 0.4) is 0 Å². The van der Waals surface area contributed by atoms with Crippen LogP contribution in [-0.4, -0.2) is 48.9 Å². The van der Waals surface area contributed by atoms with Crippen LogP contribution >= 0.6 is 11.8 Å². The van der Waals surface area contributed by atoms with E-state index < -0.39 is 0 Å². The monoisotopic (exact) mass is 550 g/mol. The molecule has 0 aliphatic carbocycles. The number of hydrogen-bond donors (Lipinski definition) is 0. The fourth-order valence-corrected chi connectivity index (χ4v) is 6.63. The summed E-state index contributed by atoms with van der Waals surface area (Å²) in [5.41, 5.74) is 3.80. The van der Waals surface area contributed by atoms with E-state index in [1.54, 1.807) is 0 Å². The van der Waals surface area contributed by atoms with Gasteiger partial charge in [0.05, 0.1) is 0 Å². The third-order valence-corrected chi connectivity index (χ3v) is 6.55. The second-order valence-electron chi connectivity index (χ2n) is 12.3. The van der Waals surface area contributed by atoms with Crippen molar-refractivity contribution in [1.29, 1.82) is 0 Å². The van der Waals surface area contributed by atoms with Crippen LogP contribution < -0.4 is 0 Å². The van der Waals surface area contributed by atoms with E-state index in [0.29, 0.717) is 10.8 Å². The smallest absolute Gasteiger partial charge is 1.00 e. The first-order valence-electron chi connectivity index (χ1n) is 11.0. The Kier molecular flexibility index (Phi) is 9.97. The summed E-state index contributed by atoms with van der Waals surface area (Å²) in [6.07, 6.45) is 2.32. The molecule has 0 amide bonds. The average molecular weight is 550 g/mol. The SMILES string of the molecule is CC(C)(C)CC(C)(C)c1ccccc1Sc1ccccc1C(C)(C)CC(C)(C)C.[Ba+2].[H-].[H-]. The molecule has 0 N–H and O–H groups in total. The minimum absolute atomic E-state index is 0. The van der Waals surface area contributed by atoms with Gasteiger partial charge in [-0.1, -0.05) is 117 Å². The second-order valence-corrected chi connectivity index (χ2v) is 13.4. The van der Waals surface area contributed by atoms with E-state index in [1.165, 1.54) is 20.9 Å². The van der Waals surface area contributed by atoms with E-state index in [9.17, 15) is 0 Å². The first kappa shape index (κ1) is 28.4. The van der Waals surface area contributed by atoms with Gasteiger partial charge in [-0.2, -0.15) is 0 Å². The largest absolute Gasteiger partial charge is 2.00 e. The zero-order valence-electron chi connectivity index (χ0n) is 23.1. The topological polar surface area (TPSA) is 0 Å². The summed E-state index contributed by atoms with van der Waals surface area (Å²) in [7, 11) is 0. The standard InChI is InChI=1S/C28H42S.Ba.2H/c1-25(2,3)19-27(7,8)21-15-11-13-17-23(21)29-24-18-14-12-16-22(24)28(9,10)20-26(4,5)6;;;/h11-18H,19-20H2,1-10H3;;;/q;+2;2*-1. The van der Waals surface area contributed by atoms with Crippen molar-refractivity contribution >= 4 is 60.6 Å². The minimum atomic E-state index is 0. The molecule has 0 unspecified atom stereocenters. The fourth-order valence-electron chi connectivity index (χ4n) is 5.19. The van der Waals surface area contributed by atoms with E-state index in [2.05, 4.69) is 118 Å². The molecular formula is C28H44BaS. The molecule has 30 heavy (non-hydrogen) atoms. The molecule has 0 heterocycles.